The number of aryl methyl sites for hydroxylation is 1. The molecule has 1 heterocycles. The van der Waals surface area contributed by atoms with E-state index < -0.39 is 10.0 Å². The van der Waals surface area contributed by atoms with Gasteiger partial charge in [-0.05, 0) is 18.9 Å². The van der Waals surface area contributed by atoms with E-state index in [4.69, 9.17) is 4.74 Å². The Bertz CT molecular complexity index is 569. The van der Waals surface area contributed by atoms with Gasteiger partial charge in [0.2, 0.25) is 10.0 Å². The molecule has 0 spiro atoms. The first-order valence-corrected chi connectivity index (χ1v) is 9.53. The summed E-state index contributed by atoms with van der Waals surface area (Å²) in [5.41, 5.74) is 2.34. The number of morpholine rings is 1. The van der Waals surface area contributed by atoms with Crippen molar-refractivity contribution in [2.45, 2.75) is 26.3 Å². The van der Waals surface area contributed by atoms with Gasteiger partial charge in [-0.1, -0.05) is 36.8 Å². The minimum atomic E-state index is -3.19. The minimum Gasteiger partial charge on any atom is -0.379 e. The summed E-state index contributed by atoms with van der Waals surface area (Å²) in [7, 11) is -3.19. The van der Waals surface area contributed by atoms with Crippen molar-refractivity contribution in [3.63, 3.8) is 0 Å². The summed E-state index contributed by atoms with van der Waals surface area (Å²) < 4.78 is 32.1. The molecule has 0 aliphatic carbocycles. The van der Waals surface area contributed by atoms with Crippen molar-refractivity contribution in [1.82, 2.24) is 9.62 Å². The number of rotatable bonds is 7. The van der Waals surface area contributed by atoms with Gasteiger partial charge in [0.25, 0.3) is 0 Å². The third kappa shape index (κ3) is 5.05. The Balaban J connectivity index is 2.14. The highest BCUT2D eigenvalue weighted by atomic mass is 32.2. The lowest BCUT2D eigenvalue weighted by atomic mass is 10.0. The quantitative estimate of drug-likeness (QED) is 0.828. The Morgan fingerprint density at radius 3 is 2.68 bits per heavy atom. The zero-order valence-corrected chi connectivity index (χ0v) is 14.2. The van der Waals surface area contributed by atoms with Crippen LogP contribution in [0.5, 0.6) is 0 Å². The van der Waals surface area contributed by atoms with Crippen LogP contribution < -0.4 is 4.72 Å². The van der Waals surface area contributed by atoms with Gasteiger partial charge >= 0.3 is 0 Å². The molecule has 1 aliphatic rings. The Hall–Kier alpha value is -0.950. The molecule has 1 aromatic carbocycles. The van der Waals surface area contributed by atoms with Gasteiger partial charge in [-0.15, -0.1) is 0 Å². The van der Waals surface area contributed by atoms with Crippen LogP contribution in [0.4, 0.5) is 0 Å². The number of nitrogens with one attached hydrogen (secondary N) is 1. The summed E-state index contributed by atoms with van der Waals surface area (Å²) in [5, 5.41) is 0. The van der Waals surface area contributed by atoms with Crippen LogP contribution in [0, 0.1) is 6.92 Å². The van der Waals surface area contributed by atoms with E-state index in [1.165, 1.54) is 5.56 Å². The third-order valence-corrected chi connectivity index (χ3v) is 5.43. The van der Waals surface area contributed by atoms with Crippen molar-refractivity contribution < 1.29 is 13.2 Å². The van der Waals surface area contributed by atoms with Crippen molar-refractivity contribution in [2.75, 3.05) is 38.6 Å². The van der Waals surface area contributed by atoms with E-state index in [1.54, 1.807) is 0 Å². The summed E-state index contributed by atoms with van der Waals surface area (Å²) in [4.78, 5) is 2.30. The van der Waals surface area contributed by atoms with Crippen LogP contribution in [0.3, 0.4) is 0 Å². The van der Waals surface area contributed by atoms with Crippen LogP contribution in [0.2, 0.25) is 0 Å². The van der Waals surface area contributed by atoms with Gasteiger partial charge in [-0.2, -0.15) is 0 Å². The average molecular weight is 326 g/mol. The highest BCUT2D eigenvalue weighted by Crippen LogP contribution is 2.22. The van der Waals surface area contributed by atoms with Gasteiger partial charge in [0, 0.05) is 25.7 Å². The first kappa shape index (κ1) is 17.4. The predicted molar refractivity (Wildman–Crippen MR) is 88.4 cm³/mol. The smallest absolute Gasteiger partial charge is 0.211 e. The van der Waals surface area contributed by atoms with E-state index in [0.29, 0.717) is 26.2 Å². The second-order valence-electron chi connectivity index (χ2n) is 5.75. The van der Waals surface area contributed by atoms with E-state index in [0.717, 1.165) is 18.7 Å². The molecule has 2 rings (SSSR count). The van der Waals surface area contributed by atoms with Crippen LogP contribution in [-0.4, -0.2) is 51.9 Å². The summed E-state index contributed by atoms with van der Waals surface area (Å²) in [6.07, 6.45) is 0.627. The summed E-state index contributed by atoms with van der Waals surface area (Å²) in [6, 6.07) is 8.34. The first-order chi connectivity index (χ1) is 10.5. The first-order valence-electron chi connectivity index (χ1n) is 7.87. The SMILES string of the molecule is CCCS(=O)(=O)NCC(c1cccc(C)c1)N1CCOCC1. The molecule has 1 aliphatic heterocycles. The average Bonchev–Trinajstić information content (AvgIpc) is 2.48. The van der Waals surface area contributed by atoms with Crippen molar-refractivity contribution >= 4 is 10.0 Å². The molecule has 0 radical (unpaired) electrons. The van der Waals surface area contributed by atoms with E-state index >= 15 is 0 Å². The molecule has 1 saturated heterocycles. The zero-order valence-electron chi connectivity index (χ0n) is 13.4. The molecule has 22 heavy (non-hydrogen) atoms. The number of nitrogens with zero attached hydrogens (tertiary/aromatic N) is 1. The number of benzene rings is 1. The molecule has 1 fully saturated rings. The number of hydrogen-bond donors (Lipinski definition) is 1. The van der Waals surface area contributed by atoms with E-state index in [-0.39, 0.29) is 11.8 Å². The largest absolute Gasteiger partial charge is 0.379 e. The number of hydrogen-bond acceptors (Lipinski definition) is 4. The fourth-order valence-corrected chi connectivity index (χ4v) is 3.86. The summed E-state index contributed by atoms with van der Waals surface area (Å²) in [5.74, 6) is 0.177. The van der Waals surface area contributed by atoms with Crippen LogP contribution in [0.1, 0.15) is 30.5 Å². The normalized spacial score (nSPS) is 18.3. The maximum absolute atomic E-state index is 12.0. The zero-order chi connectivity index (χ0) is 16.0. The highest BCUT2D eigenvalue weighted by Gasteiger charge is 2.24. The molecule has 1 N–H and O–H groups in total. The van der Waals surface area contributed by atoms with Gasteiger partial charge in [0.1, 0.15) is 0 Å². The second kappa shape index (κ2) is 8.06. The van der Waals surface area contributed by atoms with Crippen molar-refractivity contribution in [1.29, 1.82) is 0 Å². The topological polar surface area (TPSA) is 58.6 Å². The van der Waals surface area contributed by atoms with Crippen molar-refractivity contribution in [3.8, 4) is 0 Å². The van der Waals surface area contributed by atoms with E-state index in [9.17, 15) is 8.42 Å². The number of ether oxygens (including phenoxy) is 1. The molecular weight excluding hydrogens is 300 g/mol. The maximum Gasteiger partial charge on any atom is 0.211 e. The van der Waals surface area contributed by atoms with Crippen LogP contribution >= 0.6 is 0 Å². The molecule has 0 aromatic heterocycles. The Kier molecular flexibility index (Phi) is 6.37. The monoisotopic (exact) mass is 326 g/mol. The highest BCUT2D eigenvalue weighted by molar-refractivity contribution is 7.89. The standard InChI is InChI=1S/C16H26N2O3S/c1-3-11-22(19,20)17-13-16(18-7-9-21-10-8-18)15-6-4-5-14(2)12-15/h4-6,12,16-17H,3,7-11,13H2,1-2H3. The van der Waals surface area contributed by atoms with Crippen LogP contribution in [-0.2, 0) is 14.8 Å². The predicted octanol–water partition coefficient (Wildman–Crippen LogP) is 1.70. The fourth-order valence-electron chi connectivity index (χ4n) is 2.77. The molecule has 0 amide bonds. The molecule has 0 bridgehead atoms. The summed E-state index contributed by atoms with van der Waals surface area (Å²) >= 11 is 0. The van der Waals surface area contributed by atoms with Gasteiger partial charge in [0.05, 0.1) is 19.0 Å². The van der Waals surface area contributed by atoms with Crippen LogP contribution in [0.25, 0.3) is 0 Å². The molecule has 1 atom stereocenters. The lowest BCUT2D eigenvalue weighted by molar-refractivity contribution is 0.0172. The molecule has 5 nitrogen and oxygen atoms in total. The third-order valence-electron chi connectivity index (χ3n) is 3.88. The molecular formula is C16H26N2O3S. The van der Waals surface area contributed by atoms with Crippen molar-refractivity contribution in [3.05, 3.63) is 35.4 Å². The van der Waals surface area contributed by atoms with Gasteiger partial charge < -0.3 is 4.74 Å². The lowest BCUT2D eigenvalue weighted by Gasteiger charge is -2.35. The molecule has 0 saturated carbocycles. The molecule has 124 valence electrons. The van der Waals surface area contributed by atoms with E-state index in [1.807, 2.05) is 13.0 Å². The Morgan fingerprint density at radius 1 is 1.32 bits per heavy atom. The molecule has 6 heteroatoms. The molecule has 1 aromatic rings. The Labute approximate surface area is 133 Å². The Morgan fingerprint density at radius 2 is 2.05 bits per heavy atom. The van der Waals surface area contributed by atoms with Gasteiger partial charge in [-0.25, -0.2) is 13.1 Å². The summed E-state index contributed by atoms with van der Waals surface area (Å²) in [6.45, 7) is 7.39. The maximum atomic E-state index is 12.0. The second-order valence-corrected chi connectivity index (χ2v) is 7.67. The minimum absolute atomic E-state index is 0.0513. The van der Waals surface area contributed by atoms with E-state index in [2.05, 4.69) is 34.7 Å². The lowest BCUT2D eigenvalue weighted by Crippen LogP contribution is -2.44. The molecule has 1 unspecified atom stereocenters. The number of sulfonamides is 1. The van der Waals surface area contributed by atoms with Crippen molar-refractivity contribution in [2.24, 2.45) is 0 Å². The van der Waals surface area contributed by atoms with Gasteiger partial charge in [-0.3, -0.25) is 4.90 Å². The fraction of sp³-hybridized carbons (Fsp3) is 0.625. The van der Waals surface area contributed by atoms with Gasteiger partial charge in [0.15, 0.2) is 0 Å². The van der Waals surface area contributed by atoms with Crippen LogP contribution in [0.15, 0.2) is 24.3 Å².